The van der Waals surface area contributed by atoms with E-state index in [0.29, 0.717) is 0 Å². The van der Waals surface area contributed by atoms with Crippen LogP contribution in [0.5, 0.6) is 0 Å². The SMILES string of the molecule is CC(C)CCCNc1ccnc2cc(I)ccc12. The zero-order valence-electron chi connectivity index (χ0n) is 10.9. The lowest BCUT2D eigenvalue weighted by Crippen LogP contribution is -2.03. The predicted molar refractivity (Wildman–Crippen MR) is 87.0 cm³/mol. The zero-order chi connectivity index (χ0) is 13.0. The van der Waals surface area contributed by atoms with Crippen LogP contribution in [0.15, 0.2) is 30.5 Å². The van der Waals surface area contributed by atoms with E-state index >= 15 is 0 Å². The Morgan fingerprint density at radius 2 is 2.11 bits per heavy atom. The lowest BCUT2D eigenvalue weighted by Gasteiger charge is -2.10. The minimum absolute atomic E-state index is 0.780. The third-order valence-corrected chi connectivity index (χ3v) is 3.65. The van der Waals surface area contributed by atoms with Gasteiger partial charge in [0.2, 0.25) is 0 Å². The molecule has 0 saturated heterocycles. The molecule has 2 aromatic rings. The molecule has 1 aromatic carbocycles. The first-order chi connectivity index (χ1) is 8.66. The van der Waals surface area contributed by atoms with E-state index < -0.39 is 0 Å². The van der Waals surface area contributed by atoms with E-state index in [-0.39, 0.29) is 0 Å². The second-order valence-corrected chi connectivity index (χ2v) is 6.23. The number of aromatic nitrogens is 1. The number of hydrogen-bond donors (Lipinski definition) is 1. The fraction of sp³-hybridized carbons (Fsp3) is 0.400. The molecule has 0 bridgehead atoms. The van der Waals surface area contributed by atoms with Gasteiger partial charge in [0.15, 0.2) is 0 Å². The van der Waals surface area contributed by atoms with Gasteiger partial charge in [0.1, 0.15) is 0 Å². The molecule has 0 unspecified atom stereocenters. The van der Waals surface area contributed by atoms with Crippen LogP contribution in [0.2, 0.25) is 0 Å². The van der Waals surface area contributed by atoms with Crippen LogP contribution < -0.4 is 5.32 Å². The average Bonchev–Trinajstić information content (AvgIpc) is 2.34. The van der Waals surface area contributed by atoms with Crippen molar-refractivity contribution in [3.63, 3.8) is 0 Å². The normalized spacial score (nSPS) is 11.1. The summed E-state index contributed by atoms with van der Waals surface area (Å²) in [7, 11) is 0. The molecular weight excluding hydrogens is 335 g/mol. The van der Waals surface area contributed by atoms with E-state index in [4.69, 9.17) is 0 Å². The fourth-order valence-corrected chi connectivity index (χ4v) is 2.48. The summed E-state index contributed by atoms with van der Waals surface area (Å²) in [6.45, 7) is 5.57. The number of nitrogens with one attached hydrogen (secondary N) is 1. The first-order valence-electron chi connectivity index (χ1n) is 6.45. The molecule has 0 aliphatic rings. The first-order valence-corrected chi connectivity index (χ1v) is 7.53. The van der Waals surface area contributed by atoms with E-state index in [0.717, 1.165) is 18.0 Å². The second-order valence-electron chi connectivity index (χ2n) is 4.98. The first kappa shape index (κ1) is 13.6. The third-order valence-electron chi connectivity index (χ3n) is 2.98. The van der Waals surface area contributed by atoms with Gasteiger partial charge in [0.05, 0.1) is 5.52 Å². The highest BCUT2D eigenvalue weighted by Gasteiger charge is 2.02. The summed E-state index contributed by atoms with van der Waals surface area (Å²) in [5.41, 5.74) is 2.26. The number of halogens is 1. The van der Waals surface area contributed by atoms with Gasteiger partial charge in [-0.05, 0) is 65.6 Å². The number of benzene rings is 1. The minimum Gasteiger partial charge on any atom is -0.384 e. The van der Waals surface area contributed by atoms with Crippen LogP contribution in [-0.4, -0.2) is 11.5 Å². The summed E-state index contributed by atoms with van der Waals surface area (Å²) in [6, 6.07) is 8.46. The van der Waals surface area contributed by atoms with Crippen LogP contribution in [0.25, 0.3) is 10.9 Å². The third kappa shape index (κ3) is 3.57. The van der Waals surface area contributed by atoms with Gasteiger partial charge in [-0.1, -0.05) is 13.8 Å². The van der Waals surface area contributed by atoms with Crippen molar-refractivity contribution >= 4 is 39.2 Å². The van der Waals surface area contributed by atoms with Gasteiger partial charge >= 0.3 is 0 Å². The molecule has 2 rings (SSSR count). The molecule has 0 fully saturated rings. The molecule has 1 heterocycles. The van der Waals surface area contributed by atoms with E-state index in [1.807, 2.05) is 6.20 Å². The fourth-order valence-electron chi connectivity index (χ4n) is 2.01. The van der Waals surface area contributed by atoms with Crippen molar-refractivity contribution in [2.75, 3.05) is 11.9 Å². The standard InChI is InChI=1S/C15H19IN2/c1-11(2)4-3-8-17-14-7-9-18-15-10-12(16)5-6-13(14)15/h5-7,9-11H,3-4,8H2,1-2H3,(H,17,18). The molecule has 0 spiro atoms. The number of rotatable bonds is 5. The van der Waals surface area contributed by atoms with Crippen LogP contribution in [0.3, 0.4) is 0 Å². The van der Waals surface area contributed by atoms with Crippen molar-refractivity contribution in [1.82, 2.24) is 4.98 Å². The maximum Gasteiger partial charge on any atom is 0.0733 e. The van der Waals surface area contributed by atoms with Gasteiger partial charge in [-0.3, -0.25) is 4.98 Å². The molecule has 0 atom stereocenters. The Balaban J connectivity index is 2.08. The number of nitrogens with zero attached hydrogens (tertiary/aromatic N) is 1. The van der Waals surface area contributed by atoms with Crippen LogP contribution in [-0.2, 0) is 0 Å². The minimum atomic E-state index is 0.780. The number of pyridine rings is 1. The molecule has 0 aliphatic heterocycles. The molecule has 1 N–H and O–H groups in total. The Morgan fingerprint density at radius 1 is 1.28 bits per heavy atom. The summed E-state index contributed by atoms with van der Waals surface area (Å²) in [5, 5.41) is 4.73. The number of hydrogen-bond acceptors (Lipinski definition) is 2. The highest BCUT2D eigenvalue weighted by Crippen LogP contribution is 2.23. The second kappa shape index (κ2) is 6.36. The summed E-state index contributed by atoms with van der Waals surface area (Å²) in [4.78, 5) is 4.41. The molecule has 18 heavy (non-hydrogen) atoms. The summed E-state index contributed by atoms with van der Waals surface area (Å²) >= 11 is 2.32. The molecule has 96 valence electrons. The number of fused-ring (bicyclic) bond motifs is 1. The Morgan fingerprint density at radius 3 is 2.89 bits per heavy atom. The summed E-state index contributed by atoms with van der Waals surface area (Å²) in [6.07, 6.45) is 4.36. The average molecular weight is 354 g/mol. The van der Waals surface area contributed by atoms with Crippen molar-refractivity contribution in [1.29, 1.82) is 0 Å². The molecule has 3 heteroatoms. The molecule has 2 nitrogen and oxygen atoms in total. The van der Waals surface area contributed by atoms with E-state index in [1.165, 1.54) is 27.5 Å². The van der Waals surface area contributed by atoms with Crippen LogP contribution in [0.4, 0.5) is 5.69 Å². The molecule has 0 radical (unpaired) electrons. The Labute approximate surface area is 122 Å². The molecule has 0 aliphatic carbocycles. The Hall–Kier alpha value is -0.840. The Bertz CT molecular complexity index is 523. The van der Waals surface area contributed by atoms with Gasteiger partial charge in [-0.15, -0.1) is 0 Å². The zero-order valence-corrected chi connectivity index (χ0v) is 13.1. The van der Waals surface area contributed by atoms with Crippen LogP contribution in [0.1, 0.15) is 26.7 Å². The molecular formula is C15H19IN2. The summed E-state index contributed by atoms with van der Waals surface area (Å²) < 4.78 is 1.23. The van der Waals surface area contributed by atoms with E-state index in [2.05, 4.69) is 71.0 Å². The Kier molecular flexibility index (Phi) is 4.80. The molecule has 0 amide bonds. The van der Waals surface area contributed by atoms with Crippen LogP contribution in [0, 0.1) is 9.49 Å². The molecule has 0 saturated carbocycles. The van der Waals surface area contributed by atoms with Gasteiger partial charge in [-0.2, -0.15) is 0 Å². The lowest BCUT2D eigenvalue weighted by atomic mass is 10.1. The predicted octanol–water partition coefficient (Wildman–Crippen LogP) is 4.69. The summed E-state index contributed by atoms with van der Waals surface area (Å²) in [5.74, 6) is 0.780. The largest absolute Gasteiger partial charge is 0.384 e. The van der Waals surface area contributed by atoms with Crippen LogP contribution >= 0.6 is 22.6 Å². The maximum atomic E-state index is 4.41. The van der Waals surface area contributed by atoms with E-state index in [9.17, 15) is 0 Å². The highest BCUT2D eigenvalue weighted by molar-refractivity contribution is 14.1. The van der Waals surface area contributed by atoms with Crippen molar-refractivity contribution in [3.05, 3.63) is 34.0 Å². The van der Waals surface area contributed by atoms with Gasteiger partial charge < -0.3 is 5.32 Å². The highest BCUT2D eigenvalue weighted by atomic mass is 127. The van der Waals surface area contributed by atoms with E-state index in [1.54, 1.807) is 0 Å². The topological polar surface area (TPSA) is 24.9 Å². The smallest absolute Gasteiger partial charge is 0.0733 e. The number of anilines is 1. The van der Waals surface area contributed by atoms with Gasteiger partial charge in [-0.25, -0.2) is 0 Å². The lowest BCUT2D eigenvalue weighted by molar-refractivity contribution is 0.567. The maximum absolute atomic E-state index is 4.41. The van der Waals surface area contributed by atoms with Crippen molar-refractivity contribution in [2.45, 2.75) is 26.7 Å². The molecule has 1 aromatic heterocycles. The van der Waals surface area contributed by atoms with Crippen molar-refractivity contribution < 1.29 is 0 Å². The van der Waals surface area contributed by atoms with Crippen molar-refractivity contribution in [2.24, 2.45) is 5.92 Å². The quantitative estimate of drug-likeness (QED) is 0.623. The monoisotopic (exact) mass is 354 g/mol. The van der Waals surface area contributed by atoms with Crippen molar-refractivity contribution in [3.8, 4) is 0 Å². The van der Waals surface area contributed by atoms with Gasteiger partial charge in [0.25, 0.3) is 0 Å². The van der Waals surface area contributed by atoms with Gasteiger partial charge in [0, 0.05) is 27.4 Å².